The third-order valence-corrected chi connectivity index (χ3v) is 8.13. The van der Waals surface area contributed by atoms with E-state index in [4.69, 9.17) is 10.7 Å². The number of nitrogens with two attached hydrogens (primary N) is 1. The molecule has 1 aromatic rings. The Bertz CT molecular complexity index is 735. The highest BCUT2D eigenvalue weighted by Crippen LogP contribution is 2.29. The average Bonchev–Trinajstić information content (AvgIpc) is 2.85. The van der Waals surface area contributed by atoms with Gasteiger partial charge in [-0.3, -0.25) is 0 Å². The summed E-state index contributed by atoms with van der Waals surface area (Å²) in [5, 5.41) is 14.5. The van der Waals surface area contributed by atoms with E-state index in [-0.39, 0.29) is 0 Å². The minimum atomic E-state index is 0.439. The van der Waals surface area contributed by atoms with Gasteiger partial charge in [0.25, 0.3) is 0 Å². The molecule has 0 aromatic carbocycles. The Kier molecular flexibility index (Phi) is 10.3. The zero-order valence-electron chi connectivity index (χ0n) is 22.2. The Morgan fingerprint density at radius 2 is 1.60 bits per heavy atom. The van der Waals surface area contributed by atoms with Crippen molar-refractivity contribution in [3.8, 4) is 0 Å². The molecule has 3 aliphatic rings. The van der Waals surface area contributed by atoms with Crippen molar-refractivity contribution < 1.29 is 0 Å². The standard InChI is InChI=1S/C27H50N8/c1-20-18-35(19-21(2)32-20)26-15-25(28)33-27(34-26)31-17-23-11-9-22(10-12-23)16-29-13-6-14-30-24-7-4-3-5-8-24/h15,20-24,29-30,32H,3-14,16-19H2,1-2H3,(H3,28,31,33,34). The first-order valence-corrected chi connectivity index (χ1v) is 14.4. The molecule has 2 saturated carbocycles. The van der Waals surface area contributed by atoms with Crippen molar-refractivity contribution >= 4 is 17.6 Å². The van der Waals surface area contributed by atoms with Crippen molar-refractivity contribution in [2.24, 2.45) is 11.8 Å². The molecule has 0 spiro atoms. The lowest BCUT2D eigenvalue weighted by atomic mass is 9.82. The molecule has 4 rings (SSSR count). The van der Waals surface area contributed by atoms with Gasteiger partial charge in [0.15, 0.2) is 0 Å². The molecule has 0 radical (unpaired) electrons. The van der Waals surface area contributed by atoms with Crippen LogP contribution in [0, 0.1) is 11.8 Å². The van der Waals surface area contributed by atoms with Crippen LogP contribution in [0.3, 0.4) is 0 Å². The maximum Gasteiger partial charge on any atom is 0.226 e. The van der Waals surface area contributed by atoms with Gasteiger partial charge < -0.3 is 31.9 Å². The molecule has 3 fully saturated rings. The molecule has 8 heteroatoms. The first kappa shape index (κ1) is 26.4. The first-order chi connectivity index (χ1) is 17.0. The van der Waals surface area contributed by atoms with Crippen LogP contribution in [-0.4, -0.2) is 67.4 Å². The number of rotatable bonds is 11. The van der Waals surface area contributed by atoms with Gasteiger partial charge in [-0.05, 0) is 90.3 Å². The van der Waals surface area contributed by atoms with Gasteiger partial charge in [-0.2, -0.15) is 9.97 Å². The molecule has 0 bridgehead atoms. The molecule has 2 unspecified atom stereocenters. The fraction of sp³-hybridized carbons (Fsp3) is 0.852. The van der Waals surface area contributed by atoms with Crippen LogP contribution >= 0.6 is 0 Å². The SMILES string of the molecule is CC1CN(c2cc(N)nc(NCC3CCC(CNCCCNC4CCCCC4)CC3)n2)CC(C)N1. The Labute approximate surface area is 213 Å². The summed E-state index contributed by atoms with van der Waals surface area (Å²) in [6, 6.07) is 3.56. The minimum absolute atomic E-state index is 0.439. The fourth-order valence-electron chi connectivity index (χ4n) is 6.22. The molecule has 198 valence electrons. The van der Waals surface area contributed by atoms with Crippen LogP contribution in [0.1, 0.15) is 78.1 Å². The van der Waals surface area contributed by atoms with E-state index in [9.17, 15) is 0 Å². The molecule has 2 aliphatic carbocycles. The van der Waals surface area contributed by atoms with Gasteiger partial charge in [-0.15, -0.1) is 0 Å². The molecule has 1 saturated heterocycles. The van der Waals surface area contributed by atoms with Gasteiger partial charge in [0.05, 0.1) is 0 Å². The van der Waals surface area contributed by atoms with Crippen molar-refractivity contribution in [1.29, 1.82) is 0 Å². The Hall–Kier alpha value is -1.64. The maximum atomic E-state index is 6.13. The van der Waals surface area contributed by atoms with Gasteiger partial charge in [0.2, 0.25) is 5.95 Å². The van der Waals surface area contributed by atoms with Crippen LogP contribution in [0.15, 0.2) is 6.07 Å². The summed E-state index contributed by atoms with van der Waals surface area (Å²) in [7, 11) is 0. The molecule has 0 amide bonds. The highest BCUT2D eigenvalue weighted by molar-refractivity contribution is 5.52. The molecule has 8 nitrogen and oxygen atoms in total. The van der Waals surface area contributed by atoms with E-state index in [1.54, 1.807) is 0 Å². The van der Waals surface area contributed by atoms with Crippen LogP contribution in [0.25, 0.3) is 0 Å². The van der Waals surface area contributed by atoms with Crippen molar-refractivity contribution in [2.75, 3.05) is 55.2 Å². The zero-order valence-corrected chi connectivity index (χ0v) is 22.2. The quantitative estimate of drug-likeness (QED) is 0.303. The maximum absolute atomic E-state index is 6.13. The summed E-state index contributed by atoms with van der Waals surface area (Å²) >= 11 is 0. The molecule has 2 heterocycles. The van der Waals surface area contributed by atoms with Crippen molar-refractivity contribution in [1.82, 2.24) is 25.9 Å². The fourth-order valence-corrected chi connectivity index (χ4v) is 6.22. The summed E-state index contributed by atoms with van der Waals surface area (Å²) in [6.45, 7) is 10.7. The highest BCUT2D eigenvalue weighted by Gasteiger charge is 2.24. The lowest BCUT2D eigenvalue weighted by Crippen LogP contribution is -2.54. The van der Waals surface area contributed by atoms with Gasteiger partial charge in [-0.25, -0.2) is 0 Å². The van der Waals surface area contributed by atoms with Crippen LogP contribution in [0.5, 0.6) is 0 Å². The van der Waals surface area contributed by atoms with E-state index >= 15 is 0 Å². The molecule has 6 N–H and O–H groups in total. The Balaban J connectivity index is 1.10. The number of hydrogen-bond acceptors (Lipinski definition) is 8. The number of hydrogen-bond donors (Lipinski definition) is 5. The molecule has 1 aliphatic heterocycles. The molecule has 1 aromatic heterocycles. The van der Waals surface area contributed by atoms with Gasteiger partial charge in [0, 0.05) is 43.8 Å². The number of anilines is 3. The molecule has 2 atom stereocenters. The second-order valence-electron chi connectivity index (χ2n) is 11.5. The van der Waals surface area contributed by atoms with Gasteiger partial charge in [0.1, 0.15) is 11.6 Å². The number of nitrogens with one attached hydrogen (secondary N) is 4. The van der Waals surface area contributed by atoms with E-state index in [1.807, 2.05) is 6.07 Å². The van der Waals surface area contributed by atoms with Crippen molar-refractivity contribution in [3.05, 3.63) is 6.07 Å². The van der Waals surface area contributed by atoms with Crippen LogP contribution in [0.2, 0.25) is 0 Å². The average molecular weight is 487 g/mol. The Morgan fingerprint density at radius 3 is 2.31 bits per heavy atom. The normalized spacial score (nSPS) is 28.2. The second-order valence-corrected chi connectivity index (χ2v) is 11.5. The monoisotopic (exact) mass is 486 g/mol. The predicted molar refractivity (Wildman–Crippen MR) is 147 cm³/mol. The van der Waals surface area contributed by atoms with E-state index < -0.39 is 0 Å². The molecular weight excluding hydrogens is 436 g/mol. The number of nitrogen functional groups attached to an aromatic ring is 1. The van der Waals surface area contributed by atoms with Crippen LogP contribution < -0.4 is 31.9 Å². The van der Waals surface area contributed by atoms with E-state index in [0.717, 1.165) is 50.5 Å². The van der Waals surface area contributed by atoms with E-state index in [0.29, 0.717) is 29.8 Å². The van der Waals surface area contributed by atoms with Gasteiger partial charge in [-0.1, -0.05) is 19.3 Å². The topological polar surface area (TPSA) is 103 Å². The van der Waals surface area contributed by atoms with E-state index in [1.165, 1.54) is 70.8 Å². The van der Waals surface area contributed by atoms with Gasteiger partial charge >= 0.3 is 0 Å². The molecular formula is C27H50N8. The van der Waals surface area contributed by atoms with Crippen LogP contribution in [-0.2, 0) is 0 Å². The lowest BCUT2D eigenvalue weighted by Gasteiger charge is -2.37. The number of aromatic nitrogens is 2. The smallest absolute Gasteiger partial charge is 0.226 e. The summed E-state index contributed by atoms with van der Waals surface area (Å²) in [6.07, 6.45) is 13.5. The highest BCUT2D eigenvalue weighted by atomic mass is 15.3. The van der Waals surface area contributed by atoms with Crippen LogP contribution in [0.4, 0.5) is 17.6 Å². The number of nitrogens with zero attached hydrogens (tertiary/aromatic N) is 3. The first-order valence-electron chi connectivity index (χ1n) is 14.4. The second kappa shape index (κ2) is 13.6. The third-order valence-electron chi connectivity index (χ3n) is 8.13. The van der Waals surface area contributed by atoms with Crippen molar-refractivity contribution in [3.63, 3.8) is 0 Å². The Morgan fingerprint density at radius 1 is 0.914 bits per heavy atom. The summed E-state index contributed by atoms with van der Waals surface area (Å²) in [4.78, 5) is 11.6. The third kappa shape index (κ3) is 8.76. The summed E-state index contributed by atoms with van der Waals surface area (Å²) in [5.41, 5.74) is 6.13. The lowest BCUT2D eigenvalue weighted by molar-refractivity contribution is 0.275. The van der Waals surface area contributed by atoms with Crippen molar-refractivity contribution in [2.45, 2.75) is 96.2 Å². The zero-order chi connectivity index (χ0) is 24.5. The molecule has 35 heavy (non-hydrogen) atoms. The summed E-state index contributed by atoms with van der Waals surface area (Å²) in [5.74, 6) is 3.66. The largest absolute Gasteiger partial charge is 0.383 e. The predicted octanol–water partition coefficient (Wildman–Crippen LogP) is 3.37. The minimum Gasteiger partial charge on any atom is -0.383 e. The summed E-state index contributed by atoms with van der Waals surface area (Å²) < 4.78 is 0. The number of piperazine rings is 1. The van der Waals surface area contributed by atoms with E-state index in [2.05, 4.69) is 45.0 Å².